The largest absolute Gasteiger partial charge is 0.493 e. The second-order valence-corrected chi connectivity index (χ2v) is 6.79. The first-order valence-corrected chi connectivity index (χ1v) is 8.82. The second-order valence-electron chi connectivity index (χ2n) is 6.79. The van der Waals surface area contributed by atoms with E-state index in [-0.39, 0.29) is 36.7 Å². The summed E-state index contributed by atoms with van der Waals surface area (Å²) in [5.41, 5.74) is 0.280. The van der Waals surface area contributed by atoms with Gasteiger partial charge in [-0.1, -0.05) is 6.92 Å². The lowest BCUT2D eigenvalue weighted by molar-refractivity contribution is -0.490. The average molecular weight is 393 g/mol. The number of rotatable bonds is 9. The lowest BCUT2D eigenvalue weighted by Gasteiger charge is -2.17. The molecule has 0 aromatic heterocycles. The molecule has 0 saturated heterocycles. The summed E-state index contributed by atoms with van der Waals surface area (Å²) < 4.78 is 15.2. The topological polar surface area (TPSA) is 122 Å². The molecule has 0 spiro atoms. The van der Waals surface area contributed by atoms with Crippen molar-refractivity contribution in [3.05, 3.63) is 33.9 Å². The standard InChI is InChI=1S/C19H23NO8/c1-11-6-15(21)13(14(11)9-20(24)25)8-19(23)28-10-16(22)12-4-5-17(26-2)18(7-12)27-3/h4-5,7,11,13-14H,6,8-10H2,1-3H3/t11-,13-,14+/m0/s1. The van der Waals surface area contributed by atoms with Crippen molar-refractivity contribution in [2.75, 3.05) is 27.4 Å². The van der Waals surface area contributed by atoms with Crippen LogP contribution < -0.4 is 9.47 Å². The van der Waals surface area contributed by atoms with Crippen LogP contribution in [0.1, 0.15) is 30.1 Å². The van der Waals surface area contributed by atoms with Crippen molar-refractivity contribution < 1.29 is 33.5 Å². The monoisotopic (exact) mass is 393 g/mol. The maximum atomic E-state index is 12.3. The lowest BCUT2D eigenvalue weighted by atomic mass is 9.88. The molecule has 0 bridgehead atoms. The van der Waals surface area contributed by atoms with Crippen molar-refractivity contribution in [1.29, 1.82) is 0 Å². The summed E-state index contributed by atoms with van der Waals surface area (Å²) in [5, 5.41) is 10.8. The summed E-state index contributed by atoms with van der Waals surface area (Å²) in [5.74, 6) is -1.93. The number of ketones is 2. The first kappa shape index (κ1) is 21.3. The molecule has 1 fully saturated rings. The van der Waals surface area contributed by atoms with E-state index < -0.39 is 35.1 Å². The summed E-state index contributed by atoms with van der Waals surface area (Å²) in [6, 6.07) is 4.56. The van der Waals surface area contributed by atoms with Crippen LogP contribution >= 0.6 is 0 Å². The highest BCUT2D eigenvalue weighted by molar-refractivity contribution is 5.98. The van der Waals surface area contributed by atoms with Gasteiger partial charge in [0.2, 0.25) is 6.54 Å². The number of carbonyl (C=O) groups is 3. The van der Waals surface area contributed by atoms with E-state index in [1.807, 2.05) is 0 Å². The van der Waals surface area contributed by atoms with Gasteiger partial charge in [-0.05, 0) is 24.1 Å². The predicted octanol–water partition coefficient (Wildman–Crippen LogP) is 1.94. The quantitative estimate of drug-likeness (QED) is 0.270. The number of nitro groups is 1. The molecule has 152 valence electrons. The molecule has 9 heteroatoms. The summed E-state index contributed by atoms with van der Waals surface area (Å²) in [7, 11) is 2.91. The van der Waals surface area contributed by atoms with Crippen LogP contribution in [0.2, 0.25) is 0 Å². The molecule has 1 saturated carbocycles. The number of Topliss-reactive ketones (excluding diaryl/α,β-unsaturated/α-hetero) is 2. The molecule has 0 radical (unpaired) electrons. The highest BCUT2D eigenvalue weighted by Crippen LogP contribution is 2.36. The number of hydrogen-bond donors (Lipinski definition) is 0. The fourth-order valence-corrected chi connectivity index (χ4v) is 3.48. The molecule has 0 aliphatic heterocycles. The van der Waals surface area contributed by atoms with Crippen LogP contribution in [0.5, 0.6) is 11.5 Å². The van der Waals surface area contributed by atoms with Crippen LogP contribution in [0, 0.1) is 27.9 Å². The van der Waals surface area contributed by atoms with Crippen molar-refractivity contribution in [2.45, 2.75) is 19.8 Å². The van der Waals surface area contributed by atoms with Gasteiger partial charge < -0.3 is 14.2 Å². The fourth-order valence-electron chi connectivity index (χ4n) is 3.48. The highest BCUT2D eigenvalue weighted by atomic mass is 16.6. The Morgan fingerprint density at radius 3 is 2.50 bits per heavy atom. The van der Waals surface area contributed by atoms with Gasteiger partial charge in [0.25, 0.3) is 0 Å². The number of carbonyl (C=O) groups excluding carboxylic acids is 3. The molecule has 1 aliphatic rings. The van der Waals surface area contributed by atoms with Crippen LogP contribution in [0.15, 0.2) is 18.2 Å². The number of ether oxygens (including phenoxy) is 3. The molecule has 0 N–H and O–H groups in total. The minimum Gasteiger partial charge on any atom is -0.493 e. The van der Waals surface area contributed by atoms with Gasteiger partial charge in [-0.15, -0.1) is 0 Å². The Bertz CT molecular complexity index is 775. The zero-order valence-corrected chi connectivity index (χ0v) is 16.0. The fraction of sp³-hybridized carbons (Fsp3) is 0.526. The molecular weight excluding hydrogens is 370 g/mol. The average Bonchev–Trinajstić information content (AvgIpc) is 2.91. The minimum absolute atomic E-state index is 0.163. The van der Waals surface area contributed by atoms with Gasteiger partial charge in [-0.25, -0.2) is 0 Å². The molecule has 1 aromatic carbocycles. The molecular formula is C19H23NO8. The molecule has 1 aliphatic carbocycles. The third-order valence-electron chi connectivity index (χ3n) is 5.00. The van der Waals surface area contributed by atoms with Crippen LogP contribution in [-0.4, -0.2) is 49.8 Å². The molecule has 9 nitrogen and oxygen atoms in total. The maximum absolute atomic E-state index is 12.3. The lowest BCUT2D eigenvalue weighted by Crippen LogP contribution is -2.28. The predicted molar refractivity (Wildman–Crippen MR) is 97.1 cm³/mol. The smallest absolute Gasteiger partial charge is 0.306 e. The molecule has 0 amide bonds. The second kappa shape index (κ2) is 9.29. The first-order valence-electron chi connectivity index (χ1n) is 8.82. The van der Waals surface area contributed by atoms with Crippen LogP contribution in [0.4, 0.5) is 0 Å². The Morgan fingerprint density at radius 1 is 1.21 bits per heavy atom. The van der Waals surface area contributed by atoms with Gasteiger partial charge in [0.05, 0.1) is 20.6 Å². The van der Waals surface area contributed by atoms with Gasteiger partial charge in [0.1, 0.15) is 5.78 Å². The molecule has 1 aromatic rings. The van der Waals surface area contributed by atoms with E-state index in [1.165, 1.54) is 26.4 Å². The third-order valence-corrected chi connectivity index (χ3v) is 5.00. The summed E-state index contributed by atoms with van der Waals surface area (Å²) in [6.45, 7) is 0.901. The Kier molecular flexibility index (Phi) is 7.08. The maximum Gasteiger partial charge on any atom is 0.306 e. The van der Waals surface area contributed by atoms with E-state index >= 15 is 0 Å². The van der Waals surface area contributed by atoms with Crippen molar-refractivity contribution in [1.82, 2.24) is 0 Å². The van der Waals surface area contributed by atoms with Crippen molar-refractivity contribution in [3.63, 3.8) is 0 Å². The molecule has 0 heterocycles. The summed E-state index contributed by atoms with van der Waals surface area (Å²) in [6.07, 6.45) is -0.0537. The Labute approximate surface area is 162 Å². The van der Waals surface area contributed by atoms with Crippen LogP contribution in [0.3, 0.4) is 0 Å². The number of esters is 1. The SMILES string of the molecule is COc1ccc(C(=O)COC(=O)C[C@@H]2C(=O)C[C@H](C)[C@H]2C[N+](=O)[O-])cc1OC. The van der Waals surface area contributed by atoms with E-state index in [0.717, 1.165) is 0 Å². The number of hydrogen-bond acceptors (Lipinski definition) is 8. The Hall–Kier alpha value is -2.97. The van der Waals surface area contributed by atoms with E-state index in [4.69, 9.17) is 14.2 Å². The van der Waals surface area contributed by atoms with Crippen LogP contribution in [-0.2, 0) is 14.3 Å². The molecule has 28 heavy (non-hydrogen) atoms. The van der Waals surface area contributed by atoms with E-state index in [2.05, 4.69) is 0 Å². The van der Waals surface area contributed by atoms with Crippen LogP contribution in [0.25, 0.3) is 0 Å². The Morgan fingerprint density at radius 2 is 1.89 bits per heavy atom. The number of benzene rings is 1. The molecule has 3 atom stereocenters. The minimum atomic E-state index is -0.746. The zero-order chi connectivity index (χ0) is 20.8. The van der Waals surface area contributed by atoms with Crippen molar-refractivity contribution in [2.24, 2.45) is 17.8 Å². The van der Waals surface area contributed by atoms with E-state index in [9.17, 15) is 24.5 Å². The van der Waals surface area contributed by atoms with Gasteiger partial charge in [-0.3, -0.25) is 24.5 Å². The van der Waals surface area contributed by atoms with E-state index in [0.29, 0.717) is 11.5 Å². The van der Waals surface area contributed by atoms with Gasteiger partial charge in [0, 0.05) is 28.7 Å². The van der Waals surface area contributed by atoms with Crippen molar-refractivity contribution in [3.8, 4) is 11.5 Å². The van der Waals surface area contributed by atoms with E-state index in [1.54, 1.807) is 13.0 Å². The number of methoxy groups -OCH3 is 2. The van der Waals surface area contributed by atoms with Gasteiger partial charge in [-0.2, -0.15) is 0 Å². The molecule has 0 unspecified atom stereocenters. The van der Waals surface area contributed by atoms with Crippen molar-refractivity contribution >= 4 is 17.5 Å². The number of nitrogens with zero attached hydrogens (tertiary/aromatic N) is 1. The molecule has 2 rings (SSSR count). The summed E-state index contributed by atoms with van der Waals surface area (Å²) >= 11 is 0. The Balaban J connectivity index is 1.95. The third kappa shape index (κ3) is 5.05. The normalized spacial score (nSPS) is 21.2. The summed E-state index contributed by atoms with van der Waals surface area (Å²) in [4.78, 5) is 46.8. The zero-order valence-electron chi connectivity index (χ0n) is 16.0. The van der Waals surface area contributed by atoms with Gasteiger partial charge >= 0.3 is 5.97 Å². The van der Waals surface area contributed by atoms with Gasteiger partial charge in [0.15, 0.2) is 23.9 Å². The first-order chi connectivity index (χ1) is 13.3. The highest BCUT2D eigenvalue weighted by Gasteiger charge is 2.44.